The first-order valence-electron chi connectivity index (χ1n) is 7.94. The van der Waals surface area contributed by atoms with E-state index in [-0.39, 0.29) is 34.0 Å². The van der Waals surface area contributed by atoms with Crippen molar-refractivity contribution in [3.63, 3.8) is 0 Å². The number of nitrogens with zero attached hydrogens (tertiary/aromatic N) is 2. The maximum Gasteiger partial charge on any atom is 0.289 e. The lowest BCUT2D eigenvalue weighted by molar-refractivity contribution is -0.410. The molecular weight excluding hydrogens is 346 g/mol. The van der Waals surface area contributed by atoms with Gasteiger partial charge < -0.3 is 5.32 Å². The van der Waals surface area contributed by atoms with Crippen molar-refractivity contribution in [1.82, 2.24) is 0 Å². The van der Waals surface area contributed by atoms with Crippen LogP contribution in [0.15, 0.2) is 35.4 Å². The lowest BCUT2D eigenvalue weighted by Gasteiger charge is -2.19. The summed E-state index contributed by atoms with van der Waals surface area (Å²) in [7, 11) is 0. The summed E-state index contributed by atoms with van der Waals surface area (Å²) in [6, 6.07) is 13.1. The van der Waals surface area contributed by atoms with Crippen molar-refractivity contribution in [1.29, 1.82) is 10.5 Å². The predicted octanol–water partition coefficient (Wildman–Crippen LogP) is 2.85. The second-order valence-electron chi connectivity index (χ2n) is 6.73. The first-order valence-corrected chi connectivity index (χ1v) is 8.92. The molecule has 2 aromatic rings. The van der Waals surface area contributed by atoms with E-state index in [0.29, 0.717) is 10.7 Å². The number of hydrogen-bond acceptors (Lipinski definition) is 5. The molecule has 0 aliphatic rings. The van der Waals surface area contributed by atoms with Crippen LogP contribution >= 0.6 is 11.8 Å². The lowest BCUT2D eigenvalue weighted by Crippen LogP contribution is -2.19. The molecule has 0 saturated carbocycles. The Morgan fingerprint density at radius 1 is 1.19 bits per heavy atom. The summed E-state index contributed by atoms with van der Waals surface area (Å²) in [6.45, 7) is 6.39. The highest BCUT2D eigenvalue weighted by atomic mass is 32.2. The van der Waals surface area contributed by atoms with Crippen LogP contribution in [-0.2, 0) is 10.2 Å². The van der Waals surface area contributed by atoms with Gasteiger partial charge in [0.05, 0.1) is 5.75 Å². The topological polar surface area (TPSA) is 117 Å². The van der Waals surface area contributed by atoms with Gasteiger partial charge in [-0.2, -0.15) is 10.5 Å². The van der Waals surface area contributed by atoms with Crippen LogP contribution in [0.1, 0.15) is 37.5 Å². The number of anilines is 2. The molecule has 0 aliphatic heterocycles. The van der Waals surface area contributed by atoms with Crippen molar-refractivity contribution in [2.75, 3.05) is 16.8 Å². The normalized spacial score (nSPS) is 10.7. The van der Waals surface area contributed by atoms with Gasteiger partial charge in [0.15, 0.2) is 5.03 Å². The van der Waals surface area contributed by atoms with Crippen LogP contribution < -0.4 is 16.0 Å². The molecule has 0 saturated heterocycles. The summed E-state index contributed by atoms with van der Waals surface area (Å²) >= 11 is 1.16. The zero-order valence-corrected chi connectivity index (χ0v) is 15.7. The molecule has 1 amide bonds. The molecule has 6 nitrogen and oxygen atoms in total. The van der Waals surface area contributed by atoms with Gasteiger partial charge in [0.1, 0.15) is 23.3 Å². The number of carbonyl (C=O) groups excluding carboxylic acids is 1. The monoisotopic (exact) mass is 366 g/mol. The fourth-order valence-electron chi connectivity index (χ4n) is 2.22. The quantitative estimate of drug-likeness (QED) is 0.807. The molecule has 0 radical (unpaired) electrons. The SMILES string of the molecule is CC(C)(C)c1ccc(NC(=O)CSc2[nH+]c(N)c(C#N)cc2C#N)cc1. The van der Waals surface area contributed by atoms with Crippen LogP contribution in [0.5, 0.6) is 0 Å². The molecule has 1 heterocycles. The van der Waals surface area contributed by atoms with E-state index >= 15 is 0 Å². The van der Waals surface area contributed by atoms with E-state index in [9.17, 15) is 10.1 Å². The molecular formula is C19H20N5OS+. The van der Waals surface area contributed by atoms with Crippen molar-refractivity contribution in [2.45, 2.75) is 31.2 Å². The Balaban J connectivity index is 2.03. The Labute approximate surface area is 157 Å². The van der Waals surface area contributed by atoms with Gasteiger partial charge >= 0.3 is 0 Å². The molecule has 0 fully saturated rings. The third kappa shape index (κ3) is 4.75. The maximum atomic E-state index is 12.2. The van der Waals surface area contributed by atoms with Crippen LogP contribution in [0.25, 0.3) is 0 Å². The van der Waals surface area contributed by atoms with Gasteiger partial charge in [0, 0.05) is 5.69 Å². The lowest BCUT2D eigenvalue weighted by atomic mass is 9.87. The van der Waals surface area contributed by atoms with Gasteiger partial charge in [-0.15, -0.1) is 0 Å². The second kappa shape index (κ2) is 7.90. The summed E-state index contributed by atoms with van der Waals surface area (Å²) in [5.41, 5.74) is 8.17. The first kappa shape index (κ1) is 19.3. The molecule has 7 heteroatoms. The Kier molecular flexibility index (Phi) is 5.86. The van der Waals surface area contributed by atoms with Crippen molar-refractivity contribution in [3.8, 4) is 12.1 Å². The van der Waals surface area contributed by atoms with Crippen LogP contribution in [-0.4, -0.2) is 11.7 Å². The number of carbonyl (C=O) groups is 1. The van der Waals surface area contributed by atoms with Gasteiger partial charge in [-0.3, -0.25) is 10.5 Å². The van der Waals surface area contributed by atoms with Crippen LogP contribution in [0, 0.1) is 22.7 Å². The average Bonchev–Trinajstić information content (AvgIpc) is 2.59. The van der Waals surface area contributed by atoms with Crippen molar-refractivity contribution >= 4 is 29.2 Å². The molecule has 0 aliphatic carbocycles. The minimum absolute atomic E-state index is 0.0530. The number of aromatic amines is 1. The minimum atomic E-state index is -0.196. The molecule has 0 atom stereocenters. The van der Waals surface area contributed by atoms with Gasteiger partial charge in [-0.1, -0.05) is 44.7 Å². The summed E-state index contributed by atoms with van der Waals surface area (Å²) in [5.74, 6) is 0.0864. The molecule has 2 rings (SSSR count). The number of nitrogen functional groups attached to an aromatic ring is 1. The standard InChI is InChI=1S/C19H19N5OS/c1-19(2,3)14-4-6-15(7-5-14)23-16(25)11-26-18-13(10-21)8-12(9-20)17(22)24-18/h4-8H,11H2,1-3H3,(H2,22,24)(H,23,25)/p+1. The van der Waals surface area contributed by atoms with E-state index in [1.807, 2.05) is 36.4 Å². The number of amides is 1. The Morgan fingerprint density at radius 2 is 1.81 bits per heavy atom. The Morgan fingerprint density at radius 3 is 2.35 bits per heavy atom. The molecule has 26 heavy (non-hydrogen) atoms. The van der Waals surface area contributed by atoms with Crippen molar-refractivity contribution in [2.24, 2.45) is 0 Å². The number of nitrogens with two attached hydrogens (primary N) is 1. The van der Waals surface area contributed by atoms with Crippen molar-refractivity contribution < 1.29 is 9.78 Å². The maximum absolute atomic E-state index is 12.2. The Hall–Kier alpha value is -3.03. The minimum Gasteiger partial charge on any atom is -0.325 e. The third-order valence-corrected chi connectivity index (χ3v) is 4.71. The van der Waals surface area contributed by atoms with Crippen LogP contribution in [0.3, 0.4) is 0 Å². The average molecular weight is 366 g/mol. The molecule has 4 N–H and O–H groups in total. The highest BCUT2D eigenvalue weighted by Gasteiger charge is 2.16. The number of nitrogens with one attached hydrogen (secondary N) is 2. The smallest absolute Gasteiger partial charge is 0.289 e. The molecule has 1 aromatic heterocycles. The molecule has 0 bridgehead atoms. The number of aromatic nitrogens is 1. The number of H-pyrrole nitrogens is 1. The van der Waals surface area contributed by atoms with E-state index in [1.165, 1.54) is 11.6 Å². The van der Waals surface area contributed by atoms with E-state index < -0.39 is 0 Å². The molecule has 132 valence electrons. The highest BCUT2D eigenvalue weighted by Crippen LogP contribution is 2.24. The number of hydrogen-bond donors (Lipinski definition) is 2. The number of nitriles is 2. The van der Waals surface area contributed by atoms with Gasteiger partial charge in [0.25, 0.3) is 5.82 Å². The zero-order valence-electron chi connectivity index (χ0n) is 14.9. The number of pyridine rings is 1. The number of rotatable bonds is 4. The van der Waals surface area contributed by atoms with E-state index in [4.69, 9.17) is 11.0 Å². The number of benzene rings is 1. The van der Waals surface area contributed by atoms with E-state index in [0.717, 1.165) is 11.8 Å². The van der Waals surface area contributed by atoms with Gasteiger partial charge in [0.2, 0.25) is 5.91 Å². The summed E-state index contributed by atoms with van der Waals surface area (Å²) in [5, 5.41) is 21.4. The molecule has 1 aromatic carbocycles. The highest BCUT2D eigenvalue weighted by molar-refractivity contribution is 7.99. The largest absolute Gasteiger partial charge is 0.325 e. The Bertz CT molecular complexity index is 902. The predicted molar refractivity (Wildman–Crippen MR) is 101 cm³/mol. The summed E-state index contributed by atoms with van der Waals surface area (Å²) in [6.07, 6.45) is 0. The van der Waals surface area contributed by atoms with Gasteiger partial charge in [-0.05, 0) is 29.2 Å². The third-order valence-electron chi connectivity index (χ3n) is 3.69. The zero-order chi connectivity index (χ0) is 19.3. The van der Waals surface area contributed by atoms with E-state index in [1.54, 1.807) is 0 Å². The molecule has 0 unspecified atom stereocenters. The van der Waals surface area contributed by atoms with E-state index in [2.05, 4.69) is 31.1 Å². The fraction of sp³-hybridized carbons (Fsp3) is 0.263. The van der Waals surface area contributed by atoms with Crippen LogP contribution in [0.4, 0.5) is 11.5 Å². The van der Waals surface area contributed by atoms with Crippen molar-refractivity contribution in [3.05, 3.63) is 47.0 Å². The first-order chi connectivity index (χ1) is 12.2. The van der Waals surface area contributed by atoms with Gasteiger partial charge in [-0.25, -0.2) is 4.98 Å². The van der Waals surface area contributed by atoms with Crippen LogP contribution in [0.2, 0.25) is 0 Å². The fourth-order valence-corrected chi connectivity index (χ4v) is 3.01. The number of thioether (sulfide) groups is 1. The summed E-state index contributed by atoms with van der Waals surface area (Å²) in [4.78, 5) is 15.0. The second-order valence-corrected chi connectivity index (χ2v) is 7.71. The summed E-state index contributed by atoms with van der Waals surface area (Å²) < 4.78 is 0. The molecule has 0 spiro atoms.